The van der Waals surface area contributed by atoms with Crippen molar-refractivity contribution in [2.24, 2.45) is 11.7 Å². The van der Waals surface area contributed by atoms with Gasteiger partial charge in [0.25, 0.3) is 0 Å². The molecule has 7 nitrogen and oxygen atoms in total. The largest absolute Gasteiger partial charge is 0.480 e. The molecule has 1 aliphatic heterocycles. The number of rotatable bonds is 9. The van der Waals surface area contributed by atoms with Gasteiger partial charge in [0.1, 0.15) is 5.54 Å². The third-order valence-corrected chi connectivity index (χ3v) is 5.48. The lowest BCUT2D eigenvalue weighted by molar-refractivity contribution is -0.147. The smallest absolute Gasteiger partial charge is 0.451 e. The number of carbonyl (C=O) groups is 1. The van der Waals surface area contributed by atoms with E-state index in [1.165, 1.54) is 0 Å². The van der Waals surface area contributed by atoms with E-state index < -0.39 is 18.6 Å². The summed E-state index contributed by atoms with van der Waals surface area (Å²) < 4.78 is 0. The molecule has 1 aromatic carbocycles. The van der Waals surface area contributed by atoms with Gasteiger partial charge in [0.05, 0.1) is 11.6 Å². The first kappa shape index (κ1) is 21.4. The van der Waals surface area contributed by atoms with Crippen LogP contribution in [0.3, 0.4) is 0 Å². The van der Waals surface area contributed by atoms with Gasteiger partial charge in [0, 0.05) is 6.54 Å². The molecule has 0 saturated carbocycles. The van der Waals surface area contributed by atoms with E-state index in [-0.39, 0.29) is 12.2 Å². The van der Waals surface area contributed by atoms with Gasteiger partial charge in [-0.15, -0.1) is 0 Å². The van der Waals surface area contributed by atoms with Crippen molar-refractivity contribution in [2.75, 3.05) is 13.1 Å². The van der Waals surface area contributed by atoms with E-state index in [9.17, 15) is 9.90 Å². The van der Waals surface area contributed by atoms with Gasteiger partial charge in [-0.1, -0.05) is 25.0 Å². The zero-order valence-electron chi connectivity index (χ0n) is 15.5. The normalized spacial score (nSPS) is 17.9. The van der Waals surface area contributed by atoms with Crippen LogP contribution >= 0.6 is 0 Å². The van der Waals surface area contributed by atoms with Crippen molar-refractivity contribution >= 4 is 13.1 Å². The Hall–Kier alpha value is -1.92. The third kappa shape index (κ3) is 6.04. The van der Waals surface area contributed by atoms with E-state index in [1.54, 1.807) is 6.07 Å². The fourth-order valence-electron chi connectivity index (χ4n) is 3.83. The number of unbranched alkanes of at least 4 members (excludes halogenated alkanes) is 1. The number of piperidine rings is 1. The molecule has 0 radical (unpaired) electrons. The summed E-state index contributed by atoms with van der Waals surface area (Å²) in [4.78, 5) is 14.1. The number of benzene rings is 1. The molecule has 27 heavy (non-hydrogen) atoms. The van der Waals surface area contributed by atoms with Crippen LogP contribution in [0.2, 0.25) is 6.32 Å². The monoisotopic (exact) mass is 373 g/mol. The van der Waals surface area contributed by atoms with Gasteiger partial charge >= 0.3 is 13.1 Å². The molecule has 0 amide bonds. The summed E-state index contributed by atoms with van der Waals surface area (Å²) in [6.45, 7) is 2.27. The van der Waals surface area contributed by atoms with Crippen molar-refractivity contribution in [1.29, 1.82) is 5.26 Å². The molecule has 2 rings (SSSR count). The number of nitrogens with zero attached hydrogens (tertiary/aromatic N) is 2. The predicted octanol–water partition coefficient (Wildman–Crippen LogP) is 1.20. The highest BCUT2D eigenvalue weighted by Crippen LogP contribution is 2.32. The highest BCUT2D eigenvalue weighted by Gasteiger charge is 2.42. The fourth-order valence-corrected chi connectivity index (χ4v) is 3.83. The Bertz CT molecular complexity index is 671. The molecule has 0 bridgehead atoms. The molecule has 1 aliphatic rings. The van der Waals surface area contributed by atoms with Crippen LogP contribution in [-0.4, -0.2) is 51.8 Å². The van der Waals surface area contributed by atoms with Crippen LogP contribution in [0.4, 0.5) is 0 Å². The van der Waals surface area contributed by atoms with Gasteiger partial charge < -0.3 is 20.9 Å². The van der Waals surface area contributed by atoms with Gasteiger partial charge in [-0.2, -0.15) is 5.26 Å². The van der Waals surface area contributed by atoms with Gasteiger partial charge in [-0.25, -0.2) is 0 Å². The highest BCUT2D eigenvalue weighted by molar-refractivity contribution is 6.40. The minimum absolute atomic E-state index is 0.101. The molecule has 1 heterocycles. The molecule has 1 aromatic rings. The van der Waals surface area contributed by atoms with Crippen molar-refractivity contribution in [3.05, 3.63) is 35.4 Å². The van der Waals surface area contributed by atoms with Crippen LogP contribution in [0.1, 0.15) is 43.2 Å². The van der Waals surface area contributed by atoms with Crippen LogP contribution < -0.4 is 5.73 Å². The number of aliphatic carboxylic acids is 1. The maximum absolute atomic E-state index is 11.8. The molecule has 146 valence electrons. The quantitative estimate of drug-likeness (QED) is 0.378. The van der Waals surface area contributed by atoms with Gasteiger partial charge in [0.2, 0.25) is 0 Å². The second kappa shape index (κ2) is 9.86. The van der Waals surface area contributed by atoms with E-state index in [2.05, 4.69) is 11.0 Å². The number of nitrogens with two attached hydrogens (primary N) is 1. The summed E-state index contributed by atoms with van der Waals surface area (Å²) in [6, 6.07) is 9.67. The standard InChI is InChI=1S/C19H28BN3O4/c21-13-15-4-3-5-16(12-15)14-23-10-6-17(7-11-23)19(22,18(24)25)8-1-2-9-20(26)27/h3-5,12,17,26-27H,1-2,6-11,14,22H2,(H,24,25). The minimum Gasteiger partial charge on any atom is -0.480 e. The van der Waals surface area contributed by atoms with Crippen molar-refractivity contribution in [2.45, 2.75) is 50.5 Å². The van der Waals surface area contributed by atoms with Gasteiger partial charge in [0.15, 0.2) is 0 Å². The van der Waals surface area contributed by atoms with Gasteiger partial charge in [-0.05, 0) is 62.3 Å². The molecular formula is C19H28BN3O4. The molecule has 0 aromatic heterocycles. The Morgan fingerprint density at radius 1 is 1.33 bits per heavy atom. The van der Waals surface area contributed by atoms with E-state index in [0.717, 1.165) is 25.2 Å². The zero-order chi connectivity index (χ0) is 19.9. The summed E-state index contributed by atoms with van der Waals surface area (Å²) in [7, 11) is -1.36. The molecule has 1 fully saturated rings. The van der Waals surface area contributed by atoms with Crippen LogP contribution in [0.25, 0.3) is 0 Å². The van der Waals surface area contributed by atoms with Crippen molar-refractivity contribution in [3.8, 4) is 6.07 Å². The lowest BCUT2D eigenvalue weighted by atomic mass is 9.74. The Morgan fingerprint density at radius 2 is 2.04 bits per heavy atom. The lowest BCUT2D eigenvalue weighted by Crippen LogP contribution is -2.56. The molecular weight excluding hydrogens is 345 g/mol. The first-order chi connectivity index (χ1) is 12.8. The average Bonchev–Trinajstić information content (AvgIpc) is 2.65. The predicted molar refractivity (Wildman–Crippen MR) is 103 cm³/mol. The van der Waals surface area contributed by atoms with Crippen LogP contribution in [0, 0.1) is 17.2 Å². The fraction of sp³-hybridized carbons (Fsp3) is 0.579. The van der Waals surface area contributed by atoms with E-state index in [4.69, 9.17) is 21.0 Å². The summed E-state index contributed by atoms with van der Waals surface area (Å²) in [5.41, 5.74) is 6.74. The highest BCUT2D eigenvalue weighted by atomic mass is 16.4. The van der Waals surface area contributed by atoms with Crippen molar-refractivity contribution in [1.82, 2.24) is 4.90 Å². The molecule has 1 unspecified atom stereocenters. The Kier molecular flexibility index (Phi) is 7.81. The molecule has 1 saturated heterocycles. The zero-order valence-corrected chi connectivity index (χ0v) is 15.5. The van der Waals surface area contributed by atoms with Gasteiger partial charge in [-0.3, -0.25) is 9.69 Å². The maximum Gasteiger partial charge on any atom is 0.451 e. The van der Waals surface area contributed by atoms with E-state index in [0.29, 0.717) is 37.7 Å². The summed E-state index contributed by atoms with van der Waals surface area (Å²) >= 11 is 0. The number of hydrogen-bond acceptors (Lipinski definition) is 6. The topological polar surface area (TPSA) is 131 Å². The Balaban J connectivity index is 1.89. The molecule has 8 heteroatoms. The summed E-state index contributed by atoms with van der Waals surface area (Å²) in [5, 5.41) is 36.5. The lowest BCUT2D eigenvalue weighted by Gasteiger charge is -2.40. The van der Waals surface area contributed by atoms with E-state index in [1.807, 2.05) is 18.2 Å². The van der Waals surface area contributed by atoms with E-state index >= 15 is 0 Å². The Labute approximate surface area is 160 Å². The average molecular weight is 373 g/mol. The first-order valence-electron chi connectivity index (χ1n) is 9.45. The van der Waals surface area contributed by atoms with Crippen molar-refractivity contribution < 1.29 is 19.9 Å². The number of hydrogen-bond donors (Lipinski definition) is 4. The molecule has 0 aliphatic carbocycles. The third-order valence-electron chi connectivity index (χ3n) is 5.48. The molecule has 1 atom stereocenters. The van der Waals surface area contributed by atoms with Crippen molar-refractivity contribution in [3.63, 3.8) is 0 Å². The number of carboxylic acid groups (broad SMARTS) is 1. The number of likely N-dealkylation sites (tertiary alicyclic amines) is 1. The number of nitriles is 1. The SMILES string of the molecule is N#Cc1cccc(CN2CCC(C(N)(CCCCB(O)O)C(=O)O)CC2)c1. The summed E-state index contributed by atoms with van der Waals surface area (Å²) in [5.74, 6) is -1.08. The number of carboxylic acids is 1. The Morgan fingerprint density at radius 3 is 2.63 bits per heavy atom. The summed E-state index contributed by atoms with van der Waals surface area (Å²) in [6.07, 6.45) is 3.09. The van der Waals surface area contributed by atoms with Crippen LogP contribution in [0.15, 0.2) is 24.3 Å². The molecule has 5 N–H and O–H groups in total. The molecule has 0 spiro atoms. The minimum atomic E-state index is -1.36. The second-order valence-electron chi connectivity index (χ2n) is 7.43. The van der Waals surface area contributed by atoms with Crippen LogP contribution in [-0.2, 0) is 11.3 Å². The maximum atomic E-state index is 11.8. The second-order valence-corrected chi connectivity index (χ2v) is 7.43. The van der Waals surface area contributed by atoms with Crippen LogP contribution in [0.5, 0.6) is 0 Å². The first-order valence-corrected chi connectivity index (χ1v) is 9.45.